The van der Waals surface area contributed by atoms with Gasteiger partial charge in [0.25, 0.3) is 0 Å². The first-order valence-corrected chi connectivity index (χ1v) is 15.1. The van der Waals surface area contributed by atoms with Crippen molar-refractivity contribution < 1.29 is 22.7 Å². The number of nitrogens with zero attached hydrogens (tertiary/aromatic N) is 7. The van der Waals surface area contributed by atoms with Crippen molar-refractivity contribution in [2.75, 3.05) is 66.9 Å². The van der Waals surface area contributed by atoms with Gasteiger partial charge in [0, 0.05) is 48.8 Å². The van der Waals surface area contributed by atoms with Crippen LogP contribution in [0.25, 0.3) is 22.4 Å². The number of aromatic nitrogens is 4. The Labute approximate surface area is 258 Å². The third kappa shape index (κ3) is 6.25. The van der Waals surface area contributed by atoms with Gasteiger partial charge >= 0.3 is 12.2 Å². The molecule has 3 aliphatic rings. The van der Waals surface area contributed by atoms with Gasteiger partial charge in [0.1, 0.15) is 12.4 Å². The number of hydrogen-bond acceptors (Lipinski definition) is 8. The predicted octanol–water partition coefficient (Wildman–Crippen LogP) is 4.82. The maximum absolute atomic E-state index is 13.4. The number of piperazine rings is 1. The summed E-state index contributed by atoms with van der Waals surface area (Å²) in [5, 5.41) is 10.2. The maximum atomic E-state index is 13.4. The number of urea groups is 1. The van der Waals surface area contributed by atoms with Gasteiger partial charge < -0.3 is 30.1 Å². The lowest BCUT2D eigenvalue weighted by molar-refractivity contribution is -0.141. The number of alkyl halides is 3. The fourth-order valence-corrected chi connectivity index (χ4v) is 6.34. The molecule has 2 aromatic heterocycles. The molecule has 236 valence electrons. The van der Waals surface area contributed by atoms with Crippen LogP contribution in [0.4, 0.5) is 40.8 Å². The summed E-state index contributed by atoms with van der Waals surface area (Å²) in [5.74, 6) is 0.850. The lowest BCUT2D eigenvalue weighted by Crippen LogP contribution is -2.46. The molecule has 45 heavy (non-hydrogen) atoms. The summed E-state index contributed by atoms with van der Waals surface area (Å²) in [6, 6.07) is 14.5. The molecule has 0 radical (unpaired) electrons. The number of likely N-dealkylation sites (N-methyl/N-ethyl adjacent to an activating group) is 1. The average molecular weight is 622 g/mol. The minimum Gasteiger partial charge on any atom is -0.377 e. The Balaban J connectivity index is 1.09. The Bertz CT molecular complexity index is 1650. The van der Waals surface area contributed by atoms with Gasteiger partial charge in [0.05, 0.1) is 36.9 Å². The van der Waals surface area contributed by atoms with Crippen LogP contribution < -0.4 is 20.4 Å². The van der Waals surface area contributed by atoms with E-state index in [1.54, 1.807) is 24.3 Å². The van der Waals surface area contributed by atoms with Crippen molar-refractivity contribution in [3.05, 3.63) is 54.7 Å². The van der Waals surface area contributed by atoms with Gasteiger partial charge in [-0.2, -0.15) is 18.3 Å². The number of benzene rings is 2. The molecule has 0 aliphatic carbocycles. The zero-order valence-corrected chi connectivity index (χ0v) is 24.8. The summed E-state index contributed by atoms with van der Waals surface area (Å²) in [6.45, 7) is 3.78. The second-order valence-electron chi connectivity index (χ2n) is 11.8. The largest absolute Gasteiger partial charge is 0.408 e. The highest BCUT2D eigenvalue weighted by molar-refractivity contribution is 6.00. The quantitative estimate of drug-likeness (QED) is 0.316. The van der Waals surface area contributed by atoms with Crippen molar-refractivity contribution in [2.24, 2.45) is 0 Å². The Morgan fingerprint density at radius 3 is 2.16 bits per heavy atom. The number of halogens is 3. The summed E-state index contributed by atoms with van der Waals surface area (Å²) < 4.78 is 46.7. The van der Waals surface area contributed by atoms with E-state index in [1.807, 2.05) is 24.3 Å². The third-order valence-corrected chi connectivity index (χ3v) is 8.68. The number of ether oxygens (including phenoxy) is 1. The van der Waals surface area contributed by atoms with E-state index in [-0.39, 0.29) is 23.6 Å². The fourth-order valence-electron chi connectivity index (χ4n) is 6.34. The molecule has 0 saturated carbocycles. The van der Waals surface area contributed by atoms with Crippen molar-refractivity contribution in [3.63, 3.8) is 0 Å². The monoisotopic (exact) mass is 621 g/mol. The molecule has 5 heterocycles. The second kappa shape index (κ2) is 11.8. The van der Waals surface area contributed by atoms with E-state index >= 15 is 0 Å². The smallest absolute Gasteiger partial charge is 0.377 e. The Kier molecular flexibility index (Phi) is 7.69. The SMILES string of the molecule is CN1CCN(c2ccc(NC(=O)Nc3ccc(-c4nc(N5C6CCC5COC6)c5cnn(CC(F)(F)F)c5n4)cc3)cc2)CC1. The van der Waals surface area contributed by atoms with E-state index in [0.717, 1.165) is 49.4 Å². The van der Waals surface area contributed by atoms with Gasteiger partial charge in [-0.05, 0) is 68.4 Å². The third-order valence-electron chi connectivity index (χ3n) is 8.68. The Morgan fingerprint density at radius 2 is 1.53 bits per heavy atom. The number of morpholine rings is 1. The zero-order valence-electron chi connectivity index (χ0n) is 24.8. The van der Waals surface area contributed by atoms with Gasteiger partial charge in [0.2, 0.25) is 0 Å². The number of nitrogens with one attached hydrogen (secondary N) is 2. The number of rotatable bonds is 6. The molecule has 2 aromatic carbocycles. The van der Waals surface area contributed by atoms with Gasteiger partial charge in [-0.3, -0.25) is 0 Å². The van der Waals surface area contributed by atoms with Crippen molar-refractivity contribution in [2.45, 2.75) is 37.6 Å². The van der Waals surface area contributed by atoms with Crippen LogP contribution >= 0.6 is 0 Å². The zero-order chi connectivity index (χ0) is 31.1. The molecule has 14 heteroatoms. The van der Waals surface area contributed by atoms with E-state index in [0.29, 0.717) is 41.4 Å². The minimum absolute atomic E-state index is 0.0914. The van der Waals surface area contributed by atoms with Crippen molar-refractivity contribution >= 4 is 39.9 Å². The molecule has 3 saturated heterocycles. The lowest BCUT2D eigenvalue weighted by Gasteiger charge is -2.36. The number of carbonyl (C=O) groups is 1. The Morgan fingerprint density at radius 1 is 0.911 bits per heavy atom. The summed E-state index contributed by atoms with van der Waals surface area (Å²) in [7, 11) is 2.12. The first-order valence-electron chi connectivity index (χ1n) is 15.1. The molecule has 2 unspecified atom stereocenters. The maximum Gasteiger partial charge on any atom is 0.408 e. The number of fused-ring (bicyclic) bond motifs is 3. The van der Waals surface area contributed by atoms with Gasteiger partial charge in [-0.15, -0.1) is 0 Å². The second-order valence-corrected chi connectivity index (χ2v) is 11.8. The minimum atomic E-state index is -4.46. The molecule has 7 rings (SSSR count). The van der Waals surface area contributed by atoms with Crippen LogP contribution in [0.15, 0.2) is 54.7 Å². The Hall–Kier alpha value is -4.43. The standard InChI is InChI=1S/C31H34F3N9O2/c1-40-12-14-41(15-13-40)23-8-6-22(7-9-23)37-30(44)36-21-4-2-20(3-5-21)27-38-28-26(16-35-42(28)19-31(32,33)34)29(39-27)43-24-10-11-25(43)18-45-17-24/h2-9,16,24-25H,10-15,17-19H2,1H3,(H2,36,37,44). The first-order chi connectivity index (χ1) is 21.7. The highest BCUT2D eigenvalue weighted by Gasteiger charge is 2.40. The van der Waals surface area contributed by atoms with E-state index in [4.69, 9.17) is 9.72 Å². The molecule has 2 bridgehead atoms. The van der Waals surface area contributed by atoms with Crippen LogP contribution in [0.2, 0.25) is 0 Å². The number of anilines is 4. The van der Waals surface area contributed by atoms with Crippen molar-refractivity contribution in [3.8, 4) is 11.4 Å². The molecule has 2 N–H and O–H groups in total. The van der Waals surface area contributed by atoms with Crippen LogP contribution in [0, 0.1) is 0 Å². The van der Waals surface area contributed by atoms with Crippen LogP contribution in [-0.4, -0.2) is 95.4 Å². The van der Waals surface area contributed by atoms with Crippen LogP contribution in [-0.2, 0) is 11.3 Å². The summed E-state index contributed by atoms with van der Waals surface area (Å²) in [4.78, 5) is 28.9. The summed E-state index contributed by atoms with van der Waals surface area (Å²) >= 11 is 0. The molecular weight excluding hydrogens is 587 g/mol. The highest BCUT2D eigenvalue weighted by atomic mass is 19.4. The van der Waals surface area contributed by atoms with E-state index < -0.39 is 18.8 Å². The van der Waals surface area contributed by atoms with E-state index in [2.05, 4.69) is 42.5 Å². The van der Waals surface area contributed by atoms with Crippen LogP contribution in [0.1, 0.15) is 12.8 Å². The molecule has 3 fully saturated rings. The molecular formula is C31H34F3N9O2. The molecule has 0 spiro atoms. The van der Waals surface area contributed by atoms with Crippen molar-refractivity contribution in [1.82, 2.24) is 24.6 Å². The molecule has 3 aliphatic heterocycles. The molecule has 11 nitrogen and oxygen atoms in total. The molecule has 2 atom stereocenters. The molecule has 2 amide bonds. The fraction of sp³-hybridized carbons (Fsp3) is 0.419. The van der Waals surface area contributed by atoms with E-state index in [9.17, 15) is 18.0 Å². The van der Waals surface area contributed by atoms with Crippen molar-refractivity contribution in [1.29, 1.82) is 0 Å². The predicted molar refractivity (Wildman–Crippen MR) is 166 cm³/mol. The topological polar surface area (TPSA) is 104 Å². The molecule has 4 aromatic rings. The van der Waals surface area contributed by atoms with Gasteiger partial charge in [0.15, 0.2) is 11.5 Å². The number of carbonyl (C=O) groups excluding carboxylic acids is 1. The normalized spacial score (nSPS) is 20.5. The summed E-state index contributed by atoms with van der Waals surface area (Å²) in [6.07, 6.45) is -1.19. The number of hydrogen-bond donors (Lipinski definition) is 2. The summed E-state index contributed by atoms with van der Waals surface area (Å²) in [5.41, 5.74) is 3.06. The van der Waals surface area contributed by atoms with Crippen LogP contribution in [0.3, 0.4) is 0 Å². The average Bonchev–Trinajstić information content (AvgIpc) is 3.52. The highest BCUT2D eigenvalue weighted by Crippen LogP contribution is 2.38. The van der Waals surface area contributed by atoms with Gasteiger partial charge in [-0.25, -0.2) is 19.4 Å². The number of amides is 2. The van der Waals surface area contributed by atoms with Gasteiger partial charge in [-0.1, -0.05) is 0 Å². The lowest BCUT2D eigenvalue weighted by atomic mass is 10.1. The van der Waals surface area contributed by atoms with E-state index in [1.165, 1.54) is 6.20 Å². The first kappa shape index (κ1) is 29.3. The van der Waals surface area contributed by atoms with Crippen LogP contribution in [0.5, 0.6) is 0 Å².